The molecule has 25 heavy (non-hydrogen) atoms. The first kappa shape index (κ1) is 15.6. The van der Waals surface area contributed by atoms with E-state index in [4.69, 9.17) is 0 Å². The summed E-state index contributed by atoms with van der Waals surface area (Å²) in [5.74, 6) is 1.14. The zero-order valence-corrected chi connectivity index (χ0v) is 14.0. The lowest BCUT2D eigenvalue weighted by atomic mass is 9.96. The van der Waals surface area contributed by atoms with Gasteiger partial charge in [0.05, 0.1) is 17.2 Å². The molecule has 3 heterocycles. The van der Waals surface area contributed by atoms with E-state index < -0.39 is 0 Å². The molecule has 2 aromatic heterocycles. The number of carbonyl (C=O) groups is 1. The number of H-pyrrole nitrogens is 1. The third kappa shape index (κ3) is 2.82. The number of hydrogen-bond acceptors (Lipinski definition) is 4. The predicted molar refractivity (Wildman–Crippen MR) is 93.5 cm³/mol. The van der Waals surface area contributed by atoms with Crippen molar-refractivity contribution in [2.45, 2.75) is 18.8 Å². The van der Waals surface area contributed by atoms with Gasteiger partial charge in [-0.1, -0.05) is 0 Å². The van der Waals surface area contributed by atoms with E-state index in [1.54, 1.807) is 31.4 Å². The average Bonchev–Trinajstić information content (AvgIpc) is 3.19. The highest BCUT2D eigenvalue weighted by molar-refractivity contribution is 5.97. The Morgan fingerprint density at radius 1 is 1.32 bits per heavy atom. The van der Waals surface area contributed by atoms with Crippen LogP contribution in [0, 0.1) is 0 Å². The van der Waals surface area contributed by atoms with Crippen LogP contribution < -0.4 is 5.56 Å². The lowest BCUT2D eigenvalue weighted by Crippen LogP contribution is -2.39. The molecule has 7 heteroatoms. The van der Waals surface area contributed by atoms with Crippen molar-refractivity contribution in [1.82, 2.24) is 24.4 Å². The van der Waals surface area contributed by atoms with Crippen LogP contribution in [0.3, 0.4) is 0 Å². The number of nitrogens with zero attached hydrogens (tertiary/aromatic N) is 4. The summed E-state index contributed by atoms with van der Waals surface area (Å²) in [5.41, 5.74) is 1.00. The number of likely N-dealkylation sites (tertiary alicyclic amines) is 1. The number of amides is 1. The molecule has 0 unspecified atom stereocenters. The van der Waals surface area contributed by atoms with Crippen molar-refractivity contribution in [2.24, 2.45) is 7.05 Å². The van der Waals surface area contributed by atoms with Crippen LogP contribution in [0.2, 0.25) is 0 Å². The summed E-state index contributed by atoms with van der Waals surface area (Å²) in [6, 6.07) is 5.10. The quantitative estimate of drug-likeness (QED) is 0.771. The monoisotopic (exact) mass is 337 g/mol. The van der Waals surface area contributed by atoms with Crippen LogP contribution in [0.15, 0.2) is 41.7 Å². The average molecular weight is 337 g/mol. The molecular formula is C18H19N5O2. The zero-order valence-electron chi connectivity index (χ0n) is 14.0. The third-order valence-corrected chi connectivity index (χ3v) is 4.78. The molecule has 0 bridgehead atoms. The van der Waals surface area contributed by atoms with Gasteiger partial charge in [0.25, 0.3) is 11.5 Å². The number of aryl methyl sites for hydroxylation is 1. The number of hydrogen-bond donors (Lipinski definition) is 1. The number of fused-ring (bicyclic) bond motifs is 1. The van der Waals surface area contributed by atoms with Gasteiger partial charge in [-0.15, -0.1) is 0 Å². The summed E-state index contributed by atoms with van der Waals surface area (Å²) < 4.78 is 1.43. The van der Waals surface area contributed by atoms with Gasteiger partial charge in [-0.25, -0.2) is 9.97 Å². The summed E-state index contributed by atoms with van der Waals surface area (Å²) in [7, 11) is 1.66. The van der Waals surface area contributed by atoms with Crippen LogP contribution >= 0.6 is 0 Å². The molecule has 1 aliphatic heterocycles. The Balaban J connectivity index is 1.61. The van der Waals surface area contributed by atoms with Crippen molar-refractivity contribution < 1.29 is 4.79 Å². The third-order valence-electron chi connectivity index (χ3n) is 4.78. The molecule has 0 saturated carbocycles. The molecule has 3 aromatic rings. The molecule has 7 nitrogen and oxygen atoms in total. The SMILES string of the molecule is Cn1cnc2cc(C(=O)N3CCC[C@@H](c4ncc[nH]4)C3)ccc2c1=O. The maximum Gasteiger partial charge on any atom is 0.260 e. The molecule has 1 amide bonds. The van der Waals surface area contributed by atoms with E-state index >= 15 is 0 Å². The summed E-state index contributed by atoms with van der Waals surface area (Å²) in [5, 5.41) is 0.522. The summed E-state index contributed by atoms with van der Waals surface area (Å²) in [6.45, 7) is 1.38. The fraction of sp³-hybridized carbons (Fsp3) is 0.333. The zero-order chi connectivity index (χ0) is 17.4. The minimum atomic E-state index is -0.111. The summed E-state index contributed by atoms with van der Waals surface area (Å²) in [6.07, 6.45) is 7.00. The highest BCUT2D eigenvalue weighted by Gasteiger charge is 2.27. The topological polar surface area (TPSA) is 83.9 Å². The van der Waals surface area contributed by atoms with Gasteiger partial charge in [-0.2, -0.15) is 0 Å². The van der Waals surface area contributed by atoms with Gasteiger partial charge in [0.15, 0.2) is 0 Å². The molecule has 0 spiro atoms. The largest absolute Gasteiger partial charge is 0.348 e. The van der Waals surface area contributed by atoms with Crippen molar-refractivity contribution in [1.29, 1.82) is 0 Å². The lowest BCUT2D eigenvalue weighted by molar-refractivity contribution is 0.0705. The number of piperidine rings is 1. The molecule has 1 atom stereocenters. The second-order valence-corrected chi connectivity index (χ2v) is 6.46. The van der Waals surface area contributed by atoms with Crippen molar-refractivity contribution in [2.75, 3.05) is 13.1 Å². The lowest BCUT2D eigenvalue weighted by Gasteiger charge is -2.32. The van der Waals surface area contributed by atoms with Crippen LogP contribution in [0.4, 0.5) is 0 Å². The van der Waals surface area contributed by atoms with Crippen LogP contribution in [0.25, 0.3) is 10.9 Å². The number of imidazole rings is 1. The number of aromatic nitrogens is 4. The highest BCUT2D eigenvalue weighted by Crippen LogP contribution is 2.25. The first-order chi connectivity index (χ1) is 12.1. The number of rotatable bonds is 2. The molecular weight excluding hydrogens is 318 g/mol. The van der Waals surface area contributed by atoms with Gasteiger partial charge < -0.3 is 14.5 Å². The Morgan fingerprint density at radius 3 is 3.00 bits per heavy atom. The van der Waals surface area contributed by atoms with Crippen LogP contribution in [0.1, 0.15) is 34.9 Å². The van der Waals surface area contributed by atoms with Crippen molar-refractivity contribution >= 4 is 16.8 Å². The molecule has 128 valence electrons. The van der Waals surface area contributed by atoms with E-state index in [1.165, 1.54) is 10.9 Å². The van der Waals surface area contributed by atoms with Crippen molar-refractivity contribution in [3.05, 3.63) is 58.7 Å². The molecule has 1 N–H and O–H groups in total. The van der Waals surface area contributed by atoms with Gasteiger partial charge in [0, 0.05) is 44.0 Å². The molecule has 1 saturated heterocycles. The number of nitrogens with one attached hydrogen (secondary N) is 1. The molecule has 4 rings (SSSR count). The number of carbonyl (C=O) groups excluding carboxylic acids is 1. The van der Waals surface area contributed by atoms with Gasteiger partial charge in [-0.3, -0.25) is 9.59 Å². The second kappa shape index (κ2) is 6.16. The molecule has 1 aromatic carbocycles. The summed E-state index contributed by atoms with van der Waals surface area (Å²) in [4.78, 5) is 38.6. The van der Waals surface area contributed by atoms with Gasteiger partial charge in [-0.05, 0) is 31.0 Å². The van der Waals surface area contributed by atoms with Crippen molar-refractivity contribution in [3.8, 4) is 0 Å². The maximum atomic E-state index is 12.9. The van der Waals surface area contributed by atoms with E-state index in [-0.39, 0.29) is 17.4 Å². The second-order valence-electron chi connectivity index (χ2n) is 6.46. The van der Waals surface area contributed by atoms with E-state index in [2.05, 4.69) is 15.0 Å². The Bertz CT molecular complexity index is 977. The fourth-order valence-electron chi connectivity index (χ4n) is 3.41. The standard InChI is InChI=1S/C18H19N5O2/c1-22-11-21-15-9-12(4-5-14(15)18(22)25)17(24)23-8-2-3-13(10-23)16-19-6-7-20-16/h4-7,9,11,13H,2-3,8,10H2,1H3,(H,19,20)/t13-/m1/s1. The Kier molecular flexibility index (Phi) is 3.83. The minimum Gasteiger partial charge on any atom is -0.348 e. The molecule has 0 aliphatic carbocycles. The van der Waals surface area contributed by atoms with Crippen LogP contribution in [-0.4, -0.2) is 43.4 Å². The normalized spacial score (nSPS) is 17.8. The Morgan fingerprint density at radius 2 is 2.20 bits per heavy atom. The van der Waals surface area contributed by atoms with Gasteiger partial charge in [0.1, 0.15) is 5.82 Å². The van der Waals surface area contributed by atoms with E-state index in [9.17, 15) is 9.59 Å². The number of benzene rings is 1. The minimum absolute atomic E-state index is 0.0272. The molecule has 1 aliphatic rings. The Hall–Kier alpha value is -2.96. The smallest absolute Gasteiger partial charge is 0.260 e. The van der Waals surface area contributed by atoms with Crippen molar-refractivity contribution in [3.63, 3.8) is 0 Å². The first-order valence-electron chi connectivity index (χ1n) is 8.37. The van der Waals surface area contributed by atoms with E-state index in [0.29, 0.717) is 23.0 Å². The van der Waals surface area contributed by atoms with E-state index in [0.717, 1.165) is 25.2 Å². The predicted octanol–water partition coefficient (Wildman–Crippen LogP) is 1.68. The first-order valence-corrected chi connectivity index (χ1v) is 8.37. The van der Waals surface area contributed by atoms with Crippen LogP contribution in [-0.2, 0) is 7.05 Å². The molecule has 1 fully saturated rings. The number of aromatic amines is 1. The molecule has 0 radical (unpaired) electrons. The van der Waals surface area contributed by atoms with Gasteiger partial charge >= 0.3 is 0 Å². The highest BCUT2D eigenvalue weighted by atomic mass is 16.2. The van der Waals surface area contributed by atoms with Gasteiger partial charge in [0.2, 0.25) is 0 Å². The summed E-state index contributed by atoms with van der Waals surface area (Å²) >= 11 is 0. The van der Waals surface area contributed by atoms with E-state index in [1.807, 2.05) is 11.1 Å². The Labute approximate surface area is 144 Å². The fourth-order valence-corrected chi connectivity index (χ4v) is 3.41. The maximum absolute atomic E-state index is 12.9. The van der Waals surface area contributed by atoms with Crippen LogP contribution in [0.5, 0.6) is 0 Å².